The number of carbonyl (C=O) groups excluding carboxylic acids is 3. The van der Waals surface area contributed by atoms with Crippen LogP contribution in [0.1, 0.15) is 80.7 Å². The number of benzene rings is 3. The zero-order valence-corrected chi connectivity index (χ0v) is 33.9. The Labute approximate surface area is 335 Å². The van der Waals surface area contributed by atoms with E-state index in [1.807, 2.05) is 17.0 Å². The van der Waals surface area contributed by atoms with Crippen molar-refractivity contribution < 1.29 is 54.6 Å². The van der Waals surface area contributed by atoms with Crippen LogP contribution in [0.5, 0.6) is 5.75 Å². The Morgan fingerprint density at radius 3 is 1.51 bits per heavy atom. The highest BCUT2D eigenvalue weighted by Gasteiger charge is 2.69. The molecule has 312 valence electrons. The van der Waals surface area contributed by atoms with Crippen LogP contribution in [0.15, 0.2) is 84.9 Å². The van der Waals surface area contributed by atoms with Gasteiger partial charge in [-0.1, -0.05) is 79.7 Å². The van der Waals surface area contributed by atoms with E-state index >= 15 is 0 Å². The third-order valence-corrected chi connectivity index (χ3v) is 10.3. The van der Waals surface area contributed by atoms with Crippen molar-refractivity contribution >= 4 is 29.5 Å². The number of likely N-dealkylation sites (tertiary alicyclic amines) is 1. The van der Waals surface area contributed by atoms with Crippen molar-refractivity contribution in [2.75, 3.05) is 33.3 Å². The number of nitrogens with zero attached hydrogens (tertiary/aromatic N) is 3. The SMILES string of the molecule is CCN(CC1CCN(C(=O)N(C(C)C)C(C)C)CC1)C(C)Cc1ccc(OC)cc1.O.O=C(O)C(O)(C(=O)c1ccccc1)C(O)(C(=O)O)C(=O)c1ccccc1. The van der Waals surface area contributed by atoms with Crippen LogP contribution < -0.4 is 4.74 Å². The minimum Gasteiger partial charge on any atom is -0.497 e. The summed E-state index contributed by atoms with van der Waals surface area (Å²) in [4.78, 5) is 68.2. The molecule has 14 heteroatoms. The Kier molecular flexibility index (Phi) is 18.0. The standard InChI is InChI=1S/C25H43N3O2.C18H14O8.H2O/c1-8-26(21(6)17-22-9-11-24(30-7)12-10-22)18-23-13-15-27(16-14-23)25(29)28(19(2)3)20(4)5;19-13(11-7-3-1-4-8-11)17(25,15(21)22)18(26,16(23)24)14(20)12-9-5-2-6-10-12;/h9-12,19-21,23H,8,13-18H2,1-7H3;1-10,25-26H,(H,21,22)(H,23,24);1H2. The number of ketones is 2. The van der Waals surface area contributed by atoms with Gasteiger partial charge in [-0.15, -0.1) is 0 Å². The smallest absolute Gasteiger partial charge is 0.348 e. The van der Waals surface area contributed by atoms with Crippen molar-refractivity contribution in [3.05, 3.63) is 102 Å². The molecule has 3 unspecified atom stereocenters. The third kappa shape index (κ3) is 11.3. The van der Waals surface area contributed by atoms with Crippen molar-refractivity contribution in [2.45, 2.75) is 90.1 Å². The molecule has 1 aliphatic heterocycles. The maximum Gasteiger partial charge on any atom is 0.348 e. The molecular formula is C43H59N3O11. The second kappa shape index (κ2) is 21.4. The van der Waals surface area contributed by atoms with E-state index < -0.39 is 45.8 Å². The highest BCUT2D eigenvalue weighted by atomic mass is 16.5. The van der Waals surface area contributed by atoms with Crippen LogP contribution in [0.2, 0.25) is 0 Å². The minimum absolute atomic E-state index is 0. The molecule has 14 nitrogen and oxygen atoms in total. The fourth-order valence-corrected chi connectivity index (χ4v) is 7.12. The average Bonchev–Trinajstić information content (AvgIpc) is 3.19. The Balaban J connectivity index is 0.000000390. The zero-order chi connectivity index (χ0) is 41.8. The van der Waals surface area contributed by atoms with Crippen LogP contribution >= 0.6 is 0 Å². The molecule has 1 fully saturated rings. The number of carboxylic acid groups (broad SMARTS) is 2. The summed E-state index contributed by atoms with van der Waals surface area (Å²) in [6, 6.07) is 22.4. The average molecular weight is 794 g/mol. The molecule has 3 aromatic rings. The zero-order valence-electron chi connectivity index (χ0n) is 33.9. The molecule has 0 spiro atoms. The van der Waals surface area contributed by atoms with E-state index in [-0.39, 0.29) is 23.6 Å². The molecule has 3 aromatic carbocycles. The Hall–Kier alpha value is -5.15. The first kappa shape index (κ1) is 48.0. The lowest BCUT2D eigenvalue weighted by Crippen LogP contribution is -2.71. The molecule has 3 atom stereocenters. The van der Waals surface area contributed by atoms with Crippen molar-refractivity contribution in [1.82, 2.24) is 14.7 Å². The van der Waals surface area contributed by atoms with Crippen molar-refractivity contribution in [3.8, 4) is 5.75 Å². The third-order valence-electron chi connectivity index (χ3n) is 10.3. The van der Waals surface area contributed by atoms with E-state index in [2.05, 4.69) is 63.5 Å². The Morgan fingerprint density at radius 1 is 0.737 bits per heavy atom. The number of Topliss-reactive ketones (excluding diaryl/α,β-unsaturated/α-hetero) is 2. The maximum absolute atomic E-state index is 13.0. The number of carbonyl (C=O) groups is 5. The van der Waals surface area contributed by atoms with Gasteiger partial charge in [0.15, 0.2) is 0 Å². The highest BCUT2D eigenvalue weighted by molar-refractivity contribution is 6.28. The summed E-state index contributed by atoms with van der Waals surface area (Å²) in [5, 5.41) is 39.9. The van der Waals surface area contributed by atoms with Crippen LogP contribution in [0.3, 0.4) is 0 Å². The first-order chi connectivity index (χ1) is 26.4. The number of hydrogen-bond acceptors (Lipinski definition) is 9. The lowest BCUT2D eigenvalue weighted by atomic mass is 9.73. The van der Waals surface area contributed by atoms with E-state index in [0.29, 0.717) is 12.0 Å². The molecule has 0 saturated carbocycles. The molecular weight excluding hydrogens is 734 g/mol. The number of ether oxygens (including phenoxy) is 1. The lowest BCUT2D eigenvalue weighted by molar-refractivity contribution is -0.187. The van der Waals surface area contributed by atoms with E-state index in [4.69, 9.17) is 4.74 Å². The van der Waals surface area contributed by atoms with Gasteiger partial charge in [0.2, 0.25) is 11.6 Å². The quantitative estimate of drug-likeness (QED) is 0.117. The van der Waals surface area contributed by atoms with E-state index in [1.165, 1.54) is 42.0 Å². The molecule has 6 N–H and O–H groups in total. The van der Waals surface area contributed by atoms with Crippen LogP contribution in [0.25, 0.3) is 0 Å². The monoisotopic (exact) mass is 793 g/mol. The fraction of sp³-hybridized carbons (Fsp3) is 0.465. The van der Waals surface area contributed by atoms with Gasteiger partial charge < -0.3 is 45.3 Å². The maximum atomic E-state index is 13.0. The van der Waals surface area contributed by atoms with Gasteiger partial charge in [-0.3, -0.25) is 9.59 Å². The molecule has 0 radical (unpaired) electrons. The first-order valence-electron chi connectivity index (χ1n) is 19.0. The predicted octanol–water partition coefficient (Wildman–Crippen LogP) is 4.46. The minimum atomic E-state index is -3.95. The molecule has 1 saturated heterocycles. The van der Waals surface area contributed by atoms with Crippen LogP contribution in [-0.2, 0) is 16.0 Å². The number of likely N-dealkylation sites (N-methyl/N-ethyl adjacent to an activating group) is 1. The van der Waals surface area contributed by atoms with E-state index in [9.17, 15) is 44.4 Å². The number of urea groups is 1. The Bertz CT molecular complexity index is 1680. The lowest BCUT2D eigenvalue weighted by Gasteiger charge is -2.40. The molecule has 57 heavy (non-hydrogen) atoms. The number of piperidine rings is 1. The fourth-order valence-electron chi connectivity index (χ4n) is 7.12. The molecule has 1 heterocycles. The van der Waals surface area contributed by atoms with Crippen molar-refractivity contribution in [2.24, 2.45) is 5.92 Å². The number of aliphatic carboxylic acids is 2. The van der Waals surface area contributed by atoms with Gasteiger partial charge in [0.1, 0.15) is 5.75 Å². The molecule has 0 aliphatic carbocycles. The van der Waals surface area contributed by atoms with Gasteiger partial charge >= 0.3 is 18.0 Å². The van der Waals surface area contributed by atoms with Crippen molar-refractivity contribution in [1.29, 1.82) is 0 Å². The molecule has 2 amide bonds. The normalized spacial score (nSPS) is 15.6. The number of methoxy groups -OCH3 is 1. The van der Waals surface area contributed by atoms with Gasteiger partial charge in [0.05, 0.1) is 7.11 Å². The van der Waals surface area contributed by atoms with Gasteiger partial charge in [-0.2, -0.15) is 0 Å². The second-order valence-corrected chi connectivity index (χ2v) is 14.7. The van der Waals surface area contributed by atoms with Gasteiger partial charge in [0, 0.05) is 48.9 Å². The van der Waals surface area contributed by atoms with Crippen LogP contribution in [0, 0.1) is 5.92 Å². The molecule has 0 aromatic heterocycles. The number of rotatable bonds is 16. The summed E-state index contributed by atoms with van der Waals surface area (Å²) >= 11 is 0. The summed E-state index contributed by atoms with van der Waals surface area (Å²) in [6.07, 6.45) is 3.25. The largest absolute Gasteiger partial charge is 0.497 e. The summed E-state index contributed by atoms with van der Waals surface area (Å²) < 4.78 is 5.27. The predicted molar refractivity (Wildman–Crippen MR) is 216 cm³/mol. The van der Waals surface area contributed by atoms with E-state index in [0.717, 1.165) is 75.5 Å². The van der Waals surface area contributed by atoms with Gasteiger partial charge in [-0.05, 0) is 84.0 Å². The highest BCUT2D eigenvalue weighted by Crippen LogP contribution is 2.32. The van der Waals surface area contributed by atoms with Crippen LogP contribution in [0.4, 0.5) is 4.79 Å². The summed E-state index contributed by atoms with van der Waals surface area (Å²) in [5.41, 5.74) is -7.33. The van der Waals surface area contributed by atoms with Gasteiger partial charge in [-0.25, -0.2) is 14.4 Å². The second-order valence-electron chi connectivity index (χ2n) is 14.7. The summed E-state index contributed by atoms with van der Waals surface area (Å²) in [5.74, 6) is -6.45. The first-order valence-corrected chi connectivity index (χ1v) is 19.0. The number of carboxylic acids is 2. The molecule has 0 bridgehead atoms. The Morgan fingerprint density at radius 2 is 1.16 bits per heavy atom. The topological polar surface area (TPSA) is 217 Å². The van der Waals surface area contributed by atoms with Crippen LogP contribution in [-0.4, -0.2) is 133 Å². The van der Waals surface area contributed by atoms with E-state index in [1.54, 1.807) is 7.11 Å². The number of hydrogen-bond donors (Lipinski definition) is 4. The van der Waals surface area contributed by atoms with Gasteiger partial charge in [0.25, 0.3) is 11.2 Å². The summed E-state index contributed by atoms with van der Waals surface area (Å²) in [7, 11) is 1.71. The summed E-state index contributed by atoms with van der Waals surface area (Å²) in [6.45, 7) is 16.9. The van der Waals surface area contributed by atoms with Crippen molar-refractivity contribution in [3.63, 3.8) is 0 Å². The number of amides is 2. The number of aliphatic hydroxyl groups is 2. The molecule has 4 rings (SSSR count). The molecule has 1 aliphatic rings.